The van der Waals surface area contributed by atoms with Crippen LogP contribution in [0.5, 0.6) is 0 Å². The Labute approximate surface area is 96.6 Å². The lowest BCUT2D eigenvalue weighted by Gasteiger charge is -2.23. The molecule has 0 amide bonds. The number of aromatic nitrogens is 2. The fourth-order valence-electron chi connectivity index (χ4n) is 1.39. The summed E-state index contributed by atoms with van der Waals surface area (Å²) in [6.07, 6.45) is 0.813. The molecule has 0 aromatic carbocycles. The number of hydrogen-bond donors (Lipinski definition) is 1. The highest BCUT2D eigenvalue weighted by Crippen LogP contribution is 2.27. The molecule has 0 spiro atoms. The Kier molecular flexibility index (Phi) is 4.44. The number of nitrogens with zero attached hydrogens (tertiary/aromatic N) is 2. The molecule has 16 heavy (non-hydrogen) atoms. The predicted molar refractivity (Wildman–Crippen MR) is 61.0 cm³/mol. The number of ether oxygens (including phenoxy) is 1. The van der Waals surface area contributed by atoms with Crippen molar-refractivity contribution in [3.63, 3.8) is 0 Å². The third-order valence-electron chi connectivity index (χ3n) is 2.86. The Balaban J connectivity index is 2.90. The summed E-state index contributed by atoms with van der Waals surface area (Å²) in [5.74, 6) is 1.21. The van der Waals surface area contributed by atoms with Crippen molar-refractivity contribution in [1.29, 1.82) is 0 Å². The molecular formula is C11H21N3O2. The maximum atomic E-state index is 5.69. The first-order valence-corrected chi connectivity index (χ1v) is 5.72. The quantitative estimate of drug-likeness (QED) is 0.805. The van der Waals surface area contributed by atoms with Crippen molar-refractivity contribution in [3.8, 4) is 0 Å². The van der Waals surface area contributed by atoms with E-state index in [0.717, 1.165) is 6.42 Å². The first-order valence-electron chi connectivity index (χ1n) is 5.72. The fourth-order valence-corrected chi connectivity index (χ4v) is 1.39. The second kappa shape index (κ2) is 5.41. The molecule has 2 atom stereocenters. The lowest BCUT2D eigenvalue weighted by molar-refractivity contribution is -0.0403. The Morgan fingerprint density at radius 3 is 2.69 bits per heavy atom. The van der Waals surface area contributed by atoms with Gasteiger partial charge in [-0.1, -0.05) is 12.1 Å². The average molecular weight is 227 g/mol. The summed E-state index contributed by atoms with van der Waals surface area (Å²) in [5.41, 5.74) is -0.454. The molecule has 1 aromatic rings. The molecule has 1 N–H and O–H groups in total. The highest BCUT2D eigenvalue weighted by Gasteiger charge is 2.31. The van der Waals surface area contributed by atoms with Crippen LogP contribution < -0.4 is 5.32 Å². The van der Waals surface area contributed by atoms with Gasteiger partial charge in [0.05, 0.1) is 6.04 Å². The van der Waals surface area contributed by atoms with Gasteiger partial charge in [-0.15, -0.1) is 0 Å². The maximum absolute atomic E-state index is 5.69. The van der Waals surface area contributed by atoms with E-state index in [4.69, 9.17) is 9.26 Å². The molecule has 2 unspecified atom stereocenters. The highest BCUT2D eigenvalue weighted by atomic mass is 16.5. The Bertz CT molecular complexity index is 327. The van der Waals surface area contributed by atoms with Gasteiger partial charge in [-0.25, -0.2) is 0 Å². The van der Waals surface area contributed by atoms with Crippen molar-refractivity contribution in [3.05, 3.63) is 11.7 Å². The molecule has 0 radical (unpaired) electrons. The van der Waals surface area contributed by atoms with Crippen molar-refractivity contribution in [1.82, 2.24) is 15.5 Å². The minimum absolute atomic E-state index is 0.0592. The molecule has 0 aliphatic rings. The van der Waals surface area contributed by atoms with E-state index in [1.54, 1.807) is 0 Å². The van der Waals surface area contributed by atoms with Crippen molar-refractivity contribution >= 4 is 0 Å². The third kappa shape index (κ3) is 2.59. The van der Waals surface area contributed by atoms with E-state index in [0.29, 0.717) is 18.3 Å². The monoisotopic (exact) mass is 227 g/mol. The standard InChI is InChI=1S/C11H21N3O2/c1-6-11(4,15-7-2)10-13-9(16-14-10)8(3)12-5/h8,12H,6-7H2,1-5H3. The summed E-state index contributed by atoms with van der Waals surface area (Å²) in [4.78, 5) is 4.38. The summed E-state index contributed by atoms with van der Waals surface area (Å²) in [6, 6.07) is 0.0592. The van der Waals surface area contributed by atoms with Gasteiger partial charge in [0.1, 0.15) is 5.60 Å². The van der Waals surface area contributed by atoms with Gasteiger partial charge in [0.15, 0.2) is 0 Å². The van der Waals surface area contributed by atoms with E-state index in [1.807, 2.05) is 34.7 Å². The van der Waals surface area contributed by atoms with Crippen LogP contribution in [0.4, 0.5) is 0 Å². The van der Waals surface area contributed by atoms with Gasteiger partial charge >= 0.3 is 0 Å². The van der Waals surface area contributed by atoms with E-state index < -0.39 is 5.60 Å². The van der Waals surface area contributed by atoms with Gasteiger partial charge < -0.3 is 14.6 Å². The van der Waals surface area contributed by atoms with Crippen LogP contribution in [0, 0.1) is 0 Å². The molecular weight excluding hydrogens is 206 g/mol. The largest absolute Gasteiger partial charge is 0.367 e. The zero-order chi connectivity index (χ0) is 12.2. The van der Waals surface area contributed by atoms with Crippen LogP contribution in [0.1, 0.15) is 51.9 Å². The third-order valence-corrected chi connectivity index (χ3v) is 2.86. The van der Waals surface area contributed by atoms with Crippen LogP contribution >= 0.6 is 0 Å². The van der Waals surface area contributed by atoms with Gasteiger partial charge in [0.25, 0.3) is 0 Å². The van der Waals surface area contributed by atoms with Crippen molar-refractivity contribution in [2.75, 3.05) is 13.7 Å². The minimum Gasteiger partial charge on any atom is -0.367 e. The second-order valence-corrected chi connectivity index (χ2v) is 3.98. The molecule has 1 heterocycles. The average Bonchev–Trinajstić information content (AvgIpc) is 2.78. The molecule has 0 fully saturated rings. The first-order chi connectivity index (χ1) is 7.57. The SMILES string of the molecule is CCOC(C)(CC)c1noc(C(C)NC)n1. The second-order valence-electron chi connectivity index (χ2n) is 3.98. The van der Waals surface area contributed by atoms with Crippen LogP contribution in [0.3, 0.4) is 0 Å². The lowest BCUT2D eigenvalue weighted by atomic mass is 10.0. The number of nitrogens with one attached hydrogen (secondary N) is 1. The van der Waals surface area contributed by atoms with Crippen LogP contribution in [-0.4, -0.2) is 23.8 Å². The molecule has 0 aliphatic heterocycles. The number of rotatable bonds is 6. The Hall–Kier alpha value is -0.940. The maximum Gasteiger partial charge on any atom is 0.243 e. The molecule has 0 bridgehead atoms. The summed E-state index contributed by atoms with van der Waals surface area (Å²) in [6.45, 7) is 8.60. The molecule has 0 saturated heterocycles. The van der Waals surface area contributed by atoms with Crippen LogP contribution in [0.15, 0.2) is 4.52 Å². The summed E-state index contributed by atoms with van der Waals surface area (Å²) in [7, 11) is 1.86. The lowest BCUT2D eigenvalue weighted by Crippen LogP contribution is -2.26. The minimum atomic E-state index is -0.454. The van der Waals surface area contributed by atoms with Gasteiger partial charge in [-0.2, -0.15) is 4.98 Å². The Morgan fingerprint density at radius 2 is 2.19 bits per heavy atom. The molecule has 1 rings (SSSR count). The molecule has 92 valence electrons. The van der Waals surface area contributed by atoms with Crippen LogP contribution in [0.2, 0.25) is 0 Å². The van der Waals surface area contributed by atoms with Crippen LogP contribution in [0.25, 0.3) is 0 Å². The van der Waals surface area contributed by atoms with E-state index in [9.17, 15) is 0 Å². The molecule has 5 heteroatoms. The van der Waals surface area contributed by atoms with E-state index >= 15 is 0 Å². The molecule has 1 aromatic heterocycles. The van der Waals surface area contributed by atoms with Gasteiger partial charge in [0, 0.05) is 6.61 Å². The van der Waals surface area contributed by atoms with Gasteiger partial charge in [-0.05, 0) is 34.2 Å². The van der Waals surface area contributed by atoms with Crippen molar-refractivity contribution in [2.45, 2.75) is 45.8 Å². The van der Waals surface area contributed by atoms with E-state index in [2.05, 4.69) is 15.5 Å². The van der Waals surface area contributed by atoms with Gasteiger partial charge in [-0.3, -0.25) is 0 Å². The Morgan fingerprint density at radius 1 is 1.50 bits per heavy atom. The molecule has 0 saturated carbocycles. The predicted octanol–water partition coefficient (Wildman–Crippen LogP) is 2.01. The normalized spacial score (nSPS) is 17.1. The van der Waals surface area contributed by atoms with E-state index in [-0.39, 0.29) is 6.04 Å². The zero-order valence-corrected chi connectivity index (χ0v) is 10.7. The van der Waals surface area contributed by atoms with Crippen molar-refractivity contribution in [2.24, 2.45) is 0 Å². The summed E-state index contributed by atoms with van der Waals surface area (Å²) in [5, 5.41) is 7.05. The fraction of sp³-hybridized carbons (Fsp3) is 0.818. The van der Waals surface area contributed by atoms with Crippen LogP contribution in [-0.2, 0) is 10.3 Å². The summed E-state index contributed by atoms with van der Waals surface area (Å²) < 4.78 is 10.9. The summed E-state index contributed by atoms with van der Waals surface area (Å²) >= 11 is 0. The van der Waals surface area contributed by atoms with Crippen molar-refractivity contribution < 1.29 is 9.26 Å². The topological polar surface area (TPSA) is 60.2 Å². The van der Waals surface area contributed by atoms with E-state index in [1.165, 1.54) is 0 Å². The van der Waals surface area contributed by atoms with Gasteiger partial charge in [0.2, 0.25) is 11.7 Å². The number of hydrogen-bond acceptors (Lipinski definition) is 5. The zero-order valence-electron chi connectivity index (χ0n) is 10.7. The molecule has 0 aliphatic carbocycles. The molecule has 5 nitrogen and oxygen atoms in total. The highest BCUT2D eigenvalue weighted by molar-refractivity contribution is 5.00. The first kappa shape index (κ1) is 13.1. The smallest absolute Gasteiger partial charge is 0.243 e.